The Morgan fingerprint density at radius 3 is 2.50 bits per heavy atom. The van der Waals surface area contributed by atoms with Gasteiger partial charge in [-0.15, -0.1) is 0 Å². The van der Waals surface area contributed by atoms with E-state index in [0.29, 0.717) is 4.47 Å². The van der Waals surface area contributed by atoms with Gasteiger partial charge in [-0.3, -0.25) is 4.79 Å². The van der Waals surface area contributed by atoms with Gasteiger partial charge in [0.05, 0.1) is 5.56 Å². The van der Waals surface area contributed by atoms with Crippen LogP contribution in [0.1, 0.15) is 42.6 Å². The van der Waals surface area contributed by atoms with E-state index in [2.05, 4.69) is 15.9 Å². The van der Waals surface area contributed by atoms with Crippen LogP contribution in [0.2, 0.25) is 0 Å². The molecule has 0 heterocycles. The van der Waals surface area contributed by atoms with Gasteiger partial charge in [-0.25, -0.2) is 0 Å². The summed E-state index contributed by atoms with van der Waals surface area (Å²) in [6.45, 7) is 3.85. The first-order valence-electron chi connectivity index (χ1n) is 5.65. The number of carbonyl (C=O) groups excluding carboxylic acids is 1. The molecule has 0 bridgehead atoms. The van der Waals surface area contributed by atoms with Crippen molar-refractivity contribution in [1.82, 2.24) is 0 Å². The topological polar surface area (TPSA) is 17.1 Å². The van der Waals surface area contributed by atoms with Crippen molar-refractivity contribution in [2.75, 3.05) is 0 Å². The standard InChI is InChI=1S/C13H14BrF3O/c1-3-8(2)6-12(18)10-7-9(13(15,16)17)4-5-11(10)14/h4-5,7-8H,3,6H2,1-2H3. The molecule has 100 valence electrons. The summed E-state index contributed by atoms with van der Waals surface area (Å²) in [5, 5.41) is 0. The number of benzene rings is 1. The van der Waals surface area contributed by atoms with Gasteiger partial charge >= 0.3 is 6.18 Å². The normalized spacial score (nSPS) is 13.4. The van der Waals surface area contributed by atoms with E-state index in [0.717, 1.165) is 18.6 Å². The Morgan fingerprint density at radius 1 is 1.39 bits per heavy atom. The van der Waals surface area contributed by atoms with Crippen molar-refractivity contribution in [1.29, 1.82) is 0 Å². The van der Waals surface area contributed by atoms with Gasteiger partial charge in [0.25, 0.3) is 0 Å². The lowest BCUT2D eigenvalue weighted by atomic mass is 9.97. The third-order valence-corrected chi connectivity index (χ3v) is 3.52. The second-order valence-corrected chi connectivity index (χ2v) is 5.19. The van der Waals surface area contributed by atoms with Crippen molar-refractivity contribution < 1.29 is 18.0 Å². The molecule has 0 saturated carbocycles. The molecule has 1 aromatic carbocycles. The second kappa shape index (κ2) is 5.87. The van der Waals surface area contributed by atoms with Crippen molar-refractivity contribution in [3.8, 4) is 0 Å². The lowest BCUT2D eigenvalue weighted by Gasteiger charge is -2.12. The van der Waals surface area contributed by atoms with Crippen molar-refractivity contribution in [3.63, 3.8) is 0 Å². The van der Waals surface area contributed by atoms with E-state index < -0.39 is 11.7 Å². The minimum atomic E-state index is -4.42. The molecule has 5 heteroatoms. The highest BCUT2D eigenvalue weighted by molar-refractivity contribution is 9.10. The average molecular weight is 323 g/mol. The molecule has 0 aliphatic rings. The third-order valence-electron chi connectivity index (χ3n) is 2.82. The number of halogens is 4. The number of rotatable bonds is 4. The van der Waals surface area contributed by atoms with Crippen molar-refractivity contribution in [2.24, 2.45) is 5.92 Å². The highest BCUT2D eigenvalue weighted by Gasteiger charge is 2.31. The molecular weight excluding hydrogens is 309 g/mol. The Balaban J connectivity index is 3.04. The van der Waals surface area contributed by atoms with Gasteiger partial charge in [0.1, 0.15) is 0 Å². The molecule has 0 amide bonds. The summed E-state index contributed by atoms with van der Waals surface area (Å²) in [6.07, 6.45) is -3.34. The lowest BCUT2D eigenvalue weighted by Crippen LogP contribution is -2.10. The van der Waals surface area contributed by atoms with E-state index in [9.17, 15) is 18.0 Å². The molecule has 0 radical (unpaired) electrons. The summed E-state index contributed by atoms with van der Waals surface area (Å²) >= 11 is 3.12. The molecule has 1 aromatic rings. The van der Waals surface area contributed by atoms with Crippen LogP contribution in [0.3, 0.4) is 0 Å². The molecule has 1 nitrogen and oxygen atoms in total. The molecule has 0 saturated heterocycles. The molecule has 0 aromatic heterocycles. The summed E-state index contributed by atoms with van der Waals surface area (Å²) in [5.74, 6) is -0.0960. The average Bonchev–Trinajstić information content (AvgIpc) is 2.27. The maximum atomic E-state index is 12.6. The molecule has 0 N–H and O–H groups in total. The zero-order chi connectivity index (χ0) is 13.9. The van der Waals surface area contributed by atoms with Crippen molar-refractivity contribution >= 4 is 21.7 Å². The highest BCUT2D eigenvalue weighted by atomic mass is 79.9. The first kappa shape index (κ1) is 15.2. The molecule has 0 spiro atoms. The van der Waals surface area contributed by atoms with Crippen LogP contribution in [0.4, 0.5) is 13.2 Å². The number of carbonyl (C=O) groups is 1. The van der Waals surface area contributed by atoms with E-state index in [-0.39, 0.29) is 23.7 Å². The maximum Gasteiger partial charge on any atom is 0.416 e. The van der Waals surface area contributed by atoms with E-state index in [1.807, 2.05) is 13.8 Å². The Bertz CT molecular complexity index is 440. The summed E-state index contributed by atoms with van der Waals surface area (Å²) in [7, 11) is 0. The van der Waals surface area contributed by atoms with E-state index in [1.165, 1.54) is 6.07 Å². The molecule has 0 aliphatic carbocycles. The summed E-state index contributed by atoms with van der Waals surface area (Å²) < 4.78 is 38.1. The van der Waals surface area contributed by atoms with Gasteiger partial charge in [0.2, 0.25) is 0 Å². The molecular formula is C13H14BrF3O. The Morgan fingerprint density at radius 2 is 2.00 bits per heavy atom. The minimum Gasteiger partial charge on any atom is -0.294 e. The Labute approximate surface area is 113 Å². The van der Waals surface area contributed by atoms with E-state index >= 15 is 0 Å². The van der Waals surface area contributed by atoms with Gasteiger partial charge in [-0.1, -0.05) is 36.2 Å². The van der Waals surface area contributed by atoms with Gasteiger partial charge in [-0.05, 0) is 24.1 Å². The zero-order valence-electron chi connectivity index (χ0n) is 10.1. The monoisotopic (exact) mass is 322 g/mol. The number of hydrogen-bond donors (Lipinski definition) is 0. The molecule has 1 atom stereocenters. The second-order valence-electron chi connectivity index (χ2n) is 4.33. The Kier molecular flexibility index (Phi) is 4.96. The minimum absolute atomic E-state index is 0.102. The SMILES string of the molecule is CCC(C)CC(=O)c1cc(C(F)(F)F)ccc1Br. The Hall–Kier alpha value is -0.840. The fourth-order valence-corrected chi connectivity index (χ4v) is 1.95. The smallest absolute Gasteiger partial charge is 0.294 e. The predicted octanol–water partition coefficient (Wildman–Crippen LogP) is 5.09. The molecule has 18 heavy (non-hydrogen) atoms. The number of Topliss-reactive ketones (excluding diaryl/α,β-unsaturated/α-hetero) is 1. The van der Waals surface area contributed by atoms with E-state index in [4.69, 9.17) is 0 Å². The number of hydrogen-bond acceptors (Lipinski definition) is 1. The van der Waals surface area contributed by atoms with Gasteiger partial charge in [-0.2, -0.15) is 13.2 Å². The number of ketones is 1. The van der Waals surface area contributed by atoms with Crippen LogP contribution < -0.4 is 0 Å². The molecule has 0 aliphatic heterocycles. The third kappa shape index (κ3) is 3.83. The van der Waals surface area contributed by atoms with Gasteiger partial charge in [0.15, 0.2) is 5.78 Å². The lowest BCUT2D eigenvalue weighted by molar-refractivity contribution is -0.137. The largest absolute Gasteiger partial charge is 0.416 e. The van der Waals surface area contributed by atoms with Gasteiger partial charge in [0, 0.05) is 16.5 Å². The van der Waals surface area contributed by atoms with Crippen molar-refractivity contribution in [3.05, 3.63) is 33.8 Å². The number of alkyl halides is 3. The van der Waals surface area contributed by atoms with Crippen LogP contribution in [0, 0.1) is 5.92 Å². The van der Waals surface area contributed by atoms with E-state index in [1.54, 1.807) is 0 Å². The molecule has 0 fully saturated rings. The van der Waals surface area contributed by atoms with Crippen LogP contribution in [0.15, 0.2) is 22.7 Å². The highest BCUT2D eigenvalue weighted by Crippen LogP contribution is 2.32. The summed E-state index contributed by atoms with van der Waals surface area (Å²) in [6, 6.07) is 3.14. The van der Waals surface area contributed by atoms with Crippen LogP contribution >= 0.6 is 15.9 Å². The molecule has 1 unspecified atom stereocenters. The maximum absolute atomic E-state index is 12.6. The molecule has 1 rings (SSSR count). The van der Waals surface area contributed by atoms with Crippen LogP contribution in [0.5, 0.6) is 0 Å². The van der Waals surface area contributed by atoms with Crippen LogP contribution in [-0.2, 0) is 6.18 Å². The van der Waals surface area contributed by atoms with Gasteiger partial charge < -0.3 is 0 Å². The zero-order valence-corrected chi connectivity index (χ0v) is 11.7. The summed E-state index contributed by atoms with van der Waals surface area (Å²) in [4.78, 5) is 11.9. The predicted molar refractivity (Wildman–Crippen MR) is 67.5 cm³/mol. The summed E-state index contributed by atoms with van der Waals surface area (Å²) in [5.41, 5.74) is -0.691. The van der Waals surface area contributed by atoms with Crippen LogP contribution in [-0.4, -0.2) is 5.78 Å². The fraction of sp³-hybridized carbons (Fsp3) is 0.462. The van der Waals surface area contributed by atoms with Crippen molar-refractivity contribution in [2.45, 2.75) is 32.9 Å². The first-order chi connectivity index (χ1) is 8.25. The quantitative estimate of drug-likeness (QED) is 0.706. The van der Waals surface area contributed by atoms with Crippen LogP contribution in [0.25, 0.3) is 0 Å². The first-order valence-corrected chi connectivity index (χ1v) is 6.45. The fourth-order valence-electron chi connectivity index (χ4n) is 1.49.